The molecule has 3 aliphatic rings. The summed E-state index contributed by atoms with van der Waals surface area (Å²) in [4.78, 5) is 2.64. The summed E-state index contributed by atoms with van der Waals surface area (Å²) >= 11 is 0. The van der Waals surface area contributed by atoms with Crippen LogP contribution in [0.5, 0.6) is 0 Å². The molecule has 15 rings (SSSR count). The van der Waals surface area contributed by atoms with Crippen LogP contribution in [0.4, 0.5) is 11.4 Å². The van der Waals surface area contributed by atoms with Gasteiger partial charge in [-0.05, 0) is 150 Å². The number of rotatable bonds is 8. The van der Waals surface area contributed by atoms with E-state index in [-0.39, 0.29) is 11.8 Å². The first-order chi connectivity index (χ1) is 37.1. The van der Waals surface area contributed by atoms with Gasteiger partial charge in [-0.25, -0.2) is 0 Å². The van der Waals surface area contributed by atoms with Gasteiger partial charge in [-0.15, -0.1) is 0 Å². The van der Waals surface area contributed by atoms with E-state index in [1.54, 1.807) is 0 Å². The van der Waals surface area contributed by atoms with Gasteiger partial charge in [0.2, 0.25) is 0 Å². The van der Waals surface area contributed by atoms with Gasteiger partial charge < -0.3 is 9.47 Å². The molecule has 75 heavy (non-hydrogen) atoms. The molecule has 12 aromatic rings. The first-order valence-electron chi connectivity index (χ1n) is 26.2. The Morgan fingerprint density at radius 1 is 0.307 bits per heavy atom. The number of hydrogen-bond acceptors (Lipinski definition) is 1. The van der Waals surface area contributed by atoms with Crippen LogP contribution in [-0.2, 0) is 0 Å². The summed E-state index contributed by atoms with van der Waals surface area (Å²) < 4.78 is 2.58. The Labute approximate surface area is 438 Å². The Morgan fingerprint density at radius 2 is 0.787 bits per heavy atom. The normalized spacial score (nSPS) is 14.8. The first kappa shape index (κ1) is 43.1. The lowest BCUT2D eigenvalue weighted by Crippen LogP contribution is -2.16. The van der Waals surface area contributed by atoms with Crippen LogP contribution in [0, 0.1) is 6.92 Å². The third kappa shape index (κ3) is 6.94. The predicted molar refractivity (Wildman–Crippen MR) is 313 cm³/mol. The number of nitrogens with zero attached hydrogens (tertiary/aromatic N) is 2. The molecule has 0 spiro atoms. The molecule has 3 heterocycles. The van der Waals surface area contributed by atoms with Crippen LogP contribution in [0.15, 0.2) is 273 Å². The van der Waals surface area contributed by atoms with Crippen molar-refractivity contribution in [3.63, 3.8) is 0 Å². The summed E-state index contributed by atoms with van der Waals surface area (Å²) in [7, 11) is 0. The topological polar surface area (TPSA) is 8.17 Å². The van der Waals surface area contributed by atoms with Gasteiger partial charge in [0.05, 0.1) is 34.4 Å². The van der Waals surface area contributed by atoms with Crippen molar-refractivity contribution >= 4 is 28.4 Å². The molecular weight excluding hydrogens is 905 g/mol. The van der Waals surface area contributed by atoms with Gasteiger partial charge in [-0.3, -0.25) is 0 Å². The summed E-state index contributed by atoms with van der Waals surface area (Å²) in [6.45, 7) is 2.38. The van der Waals surface area contributed by atoms with Gasteiger partial charge in [0, 0.05) is 22.3 Å². The molecule has 0 saturated carbocycles. The molecule has 2 unspecified atom stereocenters. The second kappa shape index (κ2) is 17.3. The van der Waals surface area contributed by atoms with Crippen LogP contribution in [0.2, 0.25) is 0 Å². The first-order valence-corrected chi connectivity index (χ1v) is 26.2. The fourth-order valence-electron chi connectivity index (χ4n) is 12.9. The number of benzene rings is 11. The molecular formula is C73H50N2. The van der Waals surface area contributed by atoms with E-state index >= 15 is 0 Å². The smallest absolute Gasteiger partial charge is 0.0543 e. The Bertz CT molecular complexity index is 4210. The molecule has 2 atom stereocenters. The number of fused-ring (bicyclic) bond motifs is 10. The minimum absolute atomic E-state index is 0.0356. The van der Waals surface area contributed by atoms with Gasteiger partial charge in [-0.2, -0.15) is 0 Å². The monoisotopic (exact) mass is 954 g/mol. The average molecular weight is 955 g/mol. The van der Waals surface area contributed by atoms with E-state index in [0.717, 1.165) is 0 Å². The van der Waals surface area contributed by atoms with Gasteiger partial charge in [-0.1, -0.05) is 224 Å². The van der Waals surface area contributed by atoms with Crippen molar-refractivity contribution < 1.29 is 0 Å². The van der Waals surface area contributed by atoms with Crippen LogP contribution in [0.3, 0.4) is 0 Å². The molecule has 0 saturated heterocycles. The van der Waals surface area contributed by atoms with Crippen molar-refractivity contribution in [1.29, 1.82) is 0 Å². The number of anilines is 2. The molecule has 2 nitrogen and oxygen atoms in total. The van der Waals surface area contributed by atoms with Crippen molar-refractivity contribution in [3.05, 3.63) is 312 Å². The molecule has 0 radical (unpaired) electrons. The third-order valence-electron chi connectivity index (χ3n) is 16.2. The van der Waals surface area contributed by atoms with Crippen molar-refractivity contribution in [2.75, 3.05) is 4.90 Å². The highest BCUT2D eigenvalue weighted by Crippen LogP contribution is 2.60. The molecule has 2 aliphatic heterocycles. The van der Waals surface area contributed by atoms with Crippen LogP contribution in [0.25, 0.3) is 89.4 Å². The fourth-order valence-corrected chi connectivity index (χ4v) is 12.9. The Kier molecular flexibility index (Phi) is 9.96. The zero-order chi connectivity index (χ0) is 49.6. The number of allylic oxidation sites excluding steroid dienone is 1. The van der Waals surface area contributed by atoms with E-state index in [2.05, 4.69) is 289 Å². The van der Waals surface area contributed by atoms with Crippen molar-refractivity contribution in [1.82, 2.24) is 4.57 Å². The lowest BCUT2D eigenvalue weighted by Gasteiger charge is -2.30. The maximum absolute atomic E-state index is 2.64. The van der Waals surface area contributed by atoms with Crippen LogP contribution >= 0.6 is 0 Å². The highest BCUT2D eigenvalue weighted by atomic mass is 15.2. The van der Waals surface area contributed by atoms with Gasteiger partial charge in [0.25, 0.3) is 0 Å². The molecule has 1 aliphatic carbocycles. The molecule has 0 amide bonds. The Hall–Kier alpha value is -9.50. The van der Waals surface area contributed by atoms with Crippen molar-refractivity contribution in [3.8, 4) is 72.4 Å². The lowest BCUT2D eigenvalue weighted by atomic mass is 9.79. The highest BCUT2D eigenvalue weighted by molar-refractivity contribution is 5.99. The largest absolute Gasteiger partial charge is 0.312 e. The summed E-state index contributed by atoms with van der Waals surface area (Å²) in [6, 6.07) is 99.2. The van der Waals surface area contributed by atoms with E-state index in [1.807, 2.05) is 0 Å². The fraction of sp³-hybridized carbons (Fsp3) is 0.0411. The maximum Gasteiger partial charge on any atom is 0.0543 e. The Morgan fingerprint density at radius 3 is 1.37 bits per heavy atom. The summed E-state index contributed by atoms with van der Waals surface area (Å²) in [6.07, 6.45) is 2.48. The molecule has 352 valence electrons. The van der Waals surface area contributed by atoms with Crippen LogP contribution in [0.1, 0.15) is 50.9 Å². The average Bonchev–Trinajstić information content (AvgIpc) is 4.22. The quantitative estimate of drug-likeness (QED) is 0.147. The molecule has 0 fully saturated rings. The maximum atomic E-state index is 2.64. The van der Waals surface area contributed by atoms with Crippen molar-refractivity contribution in [2.24, 2.45) is 0 Å². The molecule has 0 bridgehead atoms. The zero-order valence-electron chi connectivity index (χ0n) is 41.5. The van der Waals surface area contributed by atoms with Crippen LogP contribution in [-0.4, -0.2) is 4.57 Å². The van der Waals surface area contributed by atoms with Gasteiger partial charge in [0.1, 0.15) is 0 Å². The summed E-state index contributed by atoms with van der Waals surface area (Å²) in [5.41, 5.74) is 29.9. The number of aromatic nitrogens is 1. The Balaban J connectivity index is 1.01. The second-order valence-electron chi connectivity index (χ2n) is 20.4. The van der Waals surface area contributed by atoms with E-state index < -0.39 is 0 Å². The standard InChI is InChI=1S/C73H50N2/c1-47-70(52-28-16-6-17-29-52)63(72-60-38-36-57(51-26-14-5-15-27-51)43-66(60)75-65-42-56(50-24-12-4-13-25-50)33-35-59(65)45-68(72)75)46-69(71(47)53-30-18-7-19-31-53)74-64-39-37-55(49-22-10-3-11-23-49)41-62(64)73-61-40-54(48-20-8-2-9-21-48)32-34-58(61)44-67(73)74/h2-46,72-73H,1H3. The predicted octanol–water partition coefficient (Wildman–Crippen LogP) is 19.1. The minimum Gasteiger partial charge on any atom is -0.312 e. The third-order valence-corrected chi connectivity index (χ3v) is 16.2. The number of hydrogen-bond donors (Lipinski definition) is 0. The molecule has 11 aromatic carbocycles. The van der Waals surface area contributed by atoms with E-state index in [1.165, 1.54) is 139 Å². The zero-order valence-corrected chi connectivity index (χ0v) is 41.5. The minimum atomic E-state index is -0.0867. The molecule has 1 aromatic heterocycles. The van der Waals surface area contributed by atoms with Gasteiger partial charge >= 0.3 is 0 Å². The second-order valence-corrected chi connectivity index (χ2v) is 20.4. The highest BCUT2D eigenvalue weighted by Gasteiger charge is 2.43. The lowest BCUT2D eigenvalue weighted by molar-refractivity contribution is 0.962. The van der Waals surface area contributed by atoms with Gasteiger partial charge in [0.15, 0.2) is 0 Å². The molecule has 2 heteroatoms. The van der Waals surface area contributed by atoms with E-state index in [0.29, 0.717) is 0 Å². The van der Waals surface area contributed by atoms with Crippen LogP contribution < -0.4 is 4.90 Å². The molecule has 0 N–H and O–H groups in total. The summed E-state index contributed by atoms with van der Waals surface area (Å²) in [5.74, 6) is -0.0511. The van der Waals surface area contributed by atoms with Crippen molar-refractivity contribution in [2.45, 2.75) is 18.8 Å². The summed E-state index contributed by atoms with van der Waals surface area (Å²) in [5, 5.41) is 1.24. The van der Waals surface area contributed by atoms with E-state index in [4.69, 9.17) is 0 Å². The van der Waals surface area contributed by atoms with E-state index in [9.17, 15) is 0 Å². The SMILES string of the molecule is Cc1c(-c2ccccc2)c(C2c3ccc(-c4ccccc4)cc3-n3c2cc2ccc(-c4ccccc4)cc23)cc(N2C3=Cc4ccc(-c5ccccc5)cc4C3c3cc(-c4ccccc4)ccc32)c1-c1ccccc1.